The molecule has 0 aliphatic carbocycles. The van der Waals surface area contributed by atoms with Crippen LogP contribution in [0.5, 0.6) is 0 Å². The van der Waals surface area contributed by atoms with Crippen LogP contribution < -0.4 is 5.32 Å². The standard InChI is InChI=1S/C21H29N3O2/c1-23-13-11-19(12-14-23)22-21(26)18-9-15-24(16-10-18)20(25)8-7-17-5-3-2-4-6-17/h2-8,18-19H,9-16H2,1H3,(H,22,26)/b8-7+. The van der Waals surface area contributed by atoms with Crippen LogP contribution in [0.15, 0.2) is 36.4 Å². The number of amides is 2. The van der Waals surface area contributed by atoms with Crippen molar-refractivity contribution in [1.29, 1.82) is 0 Å². The number of carbonyl (C=O) groups excluding carboxylic acids is 2. The molecule has 0 spiro atoms. The van der Waals surface area contributed by atoms with Crippen molar-refractivity contribution in [2.24, 2.45) is 5.92 Å². The average Bonchev–Trinajstić information content (AvgIpc) is 2.69. The first-order chi connectivity index (χ1) is 12.6. The predicted molar refractivity (Wildman–Crippen MR) is 103 cm³/mol. The van der Waals surface area contributed by atoms with E-state index in [1.165, 1.54) is 0 Å². The fourth-order valence-corrected chi connectivity index (χ4v) is 3.67. The van der Waals surface area contributed by atoms with Crippen molar-refractivity contribution in [3.8, 4) is 0 Å². The topological polar surface area (TPSA) is 52.7 Å². The second kappa shape index (κ2) is 8.99. The lowest BCUT2D eigenvalue weighted by atomic mass is 9.94. The number of nitrogens with zero attached hydrogens (tertiary/aromatic N) is 2. The molecule has 2 aliphatic rings. The monoisotopic (exact) mass is 355 g/mol. The van der Waals surface area contributed by atoms with Gasteiger partial charge in [-0.1, -0.05) is 30.3 Å². The van der Waals surface area contributed by atoms with Crippen molar-refractivity contribution in [2.45, 2.75) is 31.7 Å². The van der Waals surface area contributed by atoms with E-state index in [4.69, 9.17) is 0 Å². The van der Waals surface area contributed by atoms with Crippen LogP contribution in [-0.4, -0.2) is 60.9 Å². The van der Waals surface area contributed by atoms with Gasteiger partial charge in [-0.05, 0) is 57.5 Å². The van der Waals surface area contributed by atoms with Gasteiger partial charge in [0.05, 0.1) is 0 Å². The van der Waals surface area contributed by atoms with Crippen LogP contribution in [0.25, 0.3) is 6.08 Å². The predicted octanol–water partition coefficient (Wildman–Crippen LogP) is 2.15. The summed E-state index contributed by atoms with van der Waals surface area (Å²) in [5, 5.41) is 3.22. The molecular formula is C21H29N3O2. The molecule has 0 aromatic heterocycles. The molecule has 140 valence electrons. The van der Waals surface area contributed by atoms with Gasteiger partial charge in [0.1, 0.15) is 0 Å². The summed E-state index contributed by atoms with van der Waals surface area (Å²) in [5.74, 6) is 0.242. The molecule has 1 aromatic carbocycles. The van der Waals surface area contributed by atoms with Crippen molar-refractivity contribution in [3.63, 3.8) is 0 Å². The van der Waals surface area contributed by atoms with E-state index in [2.05, 4.69) is 17.3 Å². The summed E-state index contributed by atoms with van der Waals surface area (Å²) in [4.78, 5) is 29.0. The molecule has 2 fully saturated rings. The molecule has 2 saturated heterocycles. The van der Waals surface area contributed by atoms with Crippen LogP contribution in [0.2, 0.25) is 0 Å². The molecule has 2 aliphatic heterocycles. The summed E-state index contributed by atoms with van der Waals surface area (Å²) in [6.07, 6.45) is 7.05. The van der Waals surface area contributed by atoms with Crippen molar-refractivity contribution in [1.82, 2.24) is 15.1 Å². The molecule has 0 saturated carbocycles. The fourth-order valence-electron chi connectivity index (χ4n) is 3.67. The van der Waals surface area contributed by atoms with E-state index in [0.29, 0.717) is 19.1 Å². The van der Waals surface area contributed by atoms with Gasteiger partial charge >= 0.3 is 0 Å². The third kappa shape index (κ3) is 5.18. The van der Waals surface area contributed by atoms with Gasteiger partial charge in [-0.25, -0.2) is 0 Å². The zero-order valence-corrected chi connectivity index (χ0v) is 15.6. The van der Waals surface area contributed by atoms with Gasteiger partial charge in [0, 0.05) is 31.1 Å². The van der Waals surface area contributed by atoms with E-state index in [1.807, 2.05) is 41.3 Å². The minimum absolute atomic E-state index is 0.0306. The SMILES string of the molecule is CN1CCC(NC(=O)C2CCN(C(=O)/C=C/c3ccccc3)CC2)CC1. The van der Waals surface area contributed by atoms with Gasteiger partial charge in [0.15, 0.2) is 0 Å². The summed E-state index contributed by atoms with van der Waals surface area (Å²) >= 11 is 0. The first kappa shape index (κ1) is 18.6. The Balaban J connectivity index is 1.42. The van der Waals surface area contributed by atoms with Crippen LogP contribution in [0.4, 0.5) is 0 Å². The molecule has 3 rings (SSSR count). The molecule has 1 aromatic rings. The Morgan fingerprint density at radius 2 is 1.65 bits per heavy atom. The Kier molecular flexibility index (Phi) is 6.45. The van der Waals surface area contributed by atoms with Gasteiger partial charge in [-0.2, -0.15) is 0 Å². The van der Waals surface area contributed by atoms with Crippen molar-refractivity contribution < 1.29 is 9.59 Å². The summed E-state index contributed by atoms with van der Waals surface area (Å²) in [6.45, 7) is 3.41. The van der Waals surface area contributed by atoms with E-state index in [9.17, 15) is 9.59 Å². The first-order valence-corrected chi connectivity index (χ1v) is 9.63. The highest BCUT2D eigenvalue weighted by Gasteiger charge is 2.28. The zero-order chi connectivity index (χ0) is 18.4. The number of rotatable bonds is 4. The van der Waals surface area contributed by atoms with Crippen LogP contribution in [-0.2, 0) is 9.59 Å². The maximum absolute atomic E-state index is 12.5. The lowest BCUT2D eigenvalue weighted by Gasteiger charge is -2.33. The Hall–Kier alpha value is -2.14. The summed E-state index contributed by atoms with van der Waals surface area (Å²) in [5.41, 5.74) is 1.02. The number of nitrogens with one attached hydrogen (secondary N) is 1. The largest absolute Gasteiger partial charge is 0.353 e. The first-order valence-electron chi connectivity index (χ1n) is 9.63. The van der Waals surface area contributed by atoms with E-state index in [-0.39, 0.29) is 17.7 Å². The minimum Gasteiger partial charge on any atom is -0.353 e. The quantitative estimate of drug-likeness (QED) is 0.842. The van der Waals surface area contributed by atoms with Gasteiger partial charge < -0.3 is 15.1 Å². The molecule has 5 nitrogen and oxygen atoms in total. The second-order valence-corrected chi connectivity index (χ2v) is 7.43. The van der Waals surface area contributed by atoms with Gasteiger partial charge in [-0.3, -0.25) is 9.59 Å². The van der Waals surface area contributed by atoms with E-state index < -0.39 is 0 Å². The molecular weight excluding hydrogens is 326 g/mol. The van der Waals surface area contributed by atoms with Crippen LogP contribution >= 0.6 is 0 Å². The Morgan fingerprint density at radius 1 is 1.00 bits per heavy atom. The Morgan fingerprint density at radius 3 is 2.31 bits per heavy atom. The molecule has 0 unspecified atom stereocenters. The summed E-state index contributed by atoms with van der Waals surface area (Å²) < 4.78 is 0. The molecule has 26 heavy (non-hydrogen) atoms. The van der Waals surface area contributed by atoms with Crippen molar-refractivity contribution >= 4 is 17.9 Å². The highest BCUT2D eigenvalue weighted by Crippen LogP contribution is 2.19. The van der Waals surface area contributed by atoms with Crippen LogP contribution in [0, 0.1) is 5.92 Å². The smallest absolute Gasteiger partial charge is 0.246 e. The third-order valence-electron chi connectivity index (χ3n) is 5.46. The Bertz CT molecular complexity index is 628. The summed E-state index contributed by atoms with van der Waals surface area (Å²) in [7, 11) is 2.12. The molecule has 0 radical (unpaired) electrons. The maximum Gasteiger partial charge on any atom is 0.246 e. The van der Waals surface area contributed by atoms with E-state index in [0.717, 1.165) is 44.3 Å². The Labute approximate surface area is 156 Å². The third-order valence-corrected chi connectivity index (χ3v) is 5.46. The molecule has 2 amide bonds. The lowest BCUT2D eigenvalue weighted by Crippen LogP contribution is -2.48. The summed E-state index contributed by atoms with van der Waals surface area (Å²) in [6, 6.07) is 10.1. The zero-order valence-electron chi connectivity index (χ0n) is 15.6. The van der Waals surface area contributed by atoms with Crippen LogP contribution in [0.3, 0.4) is 0 Å². The van der Waals surface area contributed by atoms with Crippen molar-refractivity contribution in [2.75, 3.05) is 33.2 Å². The number of piperidine rings is 2. The van der Waals surface area contributed by atoms with Crippen LogP contribution in [0.1, 0.15) is 31.2 Å². The van der Waals surface area contributed by atoms with E-state index in [1.54, 1.807) is 6.08 Å². The highest BCUT2D eigenvalue weighted by molar-refractivity contribution is 5.92. The molecule has 0 bridgehead atoms. The van der Waals surface area contributed by atoms with Crippen molar-refractivity contribution in [3.05, 3.63) is 42.0 Å². The number of benzene rings is 1. The minimum atomic E-state index is 0.0306. The van der Waals surface area contributed by atoms with Gasteiger partial charge in [-0.15, -0.1) is 0 Å². The number of carbonyl (C=O) groups is 2. The highest BCUT2D eigenvalue weighted by atomic mass is 16.2. The molecule has 1 N–H and O–H groups in total. The molecule has 2 heterocycles. The fraction of sp³-hybridized carbons (Fsp3) is 0.524. The number of hydrogen-bond donors (Lipinski definition) is 1. The normalized spacial score (nSPS) is 20.4. The average molecular weight is 355 g/mol. The second-order valence-electron chi connectivity index (χ2n) is 7.43. The van der Waals surface area contributed by atoms with E-state index >= 15 is 0 Å². The molecule has 5 heteroatoms. The van der Waals surface area contributed by atoms with Gasteiger partial charge in [0.2, 0.25) is 11.8 Å². The maximum atomic E-state index is 12.5. The van der Waals surface area contributed by atoms with Gasteiger partial charge in [0.25, 0.3) is 0 Å². The number of hydrogen-bond acceptors (Lipinski definition) is 3. The number of likely N-dealkylation sites (tertiary alicyclic amines) is 2. The lowest BCUT2D eigenvalue weighted by molar-refractivity contribution is -0.132. The molecule has 0 atom stereocenters.